The van der Waals surface area contributed by atoms with E-state index in [0.29, 0.717) is 106 Å². The number of methoxy groups -OCH3 is 1. The molecule has 8 N–H and O–H groups in total. The minimum Gasteiger partial charge on any atom is -0.480 e. The number of carbonyl (C=O) groups excluding carboxylic acids is 7. The average Bonchev–Trinajstić information content (AvgIpc) is 1.84. The third-order valence-corrected chi connectivity index (χ3v) is 16.2. The summed E-state index contributed by atoms with van der Waals surface area (Å²) in [5.41, 5.74) is 10.3. The Kier molecular flexibility index (Phi) is 29.9. The molecule has 1 aliphatic rings. The lowest BCUT2D eigenvalue weighted by Gasteiger charge is -2.29. The van der Waals surface area contributed by atoms with Crippen molar-refractivity contribution in [3.63, 3.8) is 0 Å². The van der Waals surface area contributed by atoms with Crippen molar-refractivity contribution in [2.75, 3.05) is 93.1 Å². The largest absolute Gasteiger partial charge is 0.480 e. The fraction of sp³-hybridized carbons (Fsp3) is 0.517. The topological polar surface area (TPSA) is 370 Å². The van der Waals surface area contributed by atoms with Gasteiger partial charge >= 0.3 is 18.0 Å². The summed E-state index contributed by atoms with van der Waals surface area (Å²) in [4.78, 5) is 120. The van der Waals surface area contributed by atoms with Crippen molar-refractivity contribution in [1.82, 2.24) is 41.2 Å². The lowest BCUT2D eigenvalue weighted by Crippen LogP contribution is -2.49. The lowest BCUT2D eigenvalue weighted by atomic mass is 9.95. The van der Waals surface area contributed by atoms with E-state index in [4.69, 9.17) is 19.9 Å². The average molecular weight is 1280 g/mol. The van der Waals surface area contributed by atoms with Gasteiger partial charge in [0.05, 0.1) is 42.8 Å². The molecule has 0 aliphatic carbocycles. The molecule has 486 valence electrons. The molecule has 4 aromatic rings. The molecule has 3 atom stereocenters. The smallest absolute Gasteiger partial charge is 0.415 e. The monoisotopic (exact) mass is 1280 g/mol. The first-order valence-corrected chi connectivity index (χ1v) is 32.8. The van der Waals surface area contributed by atoms with E-state index in [0.717, 1.165) is 29.1 Å². The number of unbranched alkanes of at least 4 members (excludes halogenated alkanes) is 2. The molecule has 3 unspecified atom stereocenters. The van der Waals surface area contributed by atoms with E-state index in [2.05, 4.69) is 31.6 Å². The predicted octanol–water partition coefficient (Wildman–Crippen LogP) is 3.97. The fourth-order valence-electron chi connectivity index (χ4n) is 9.52. The van der Waals surface area contributed by atoms with Gasteiger partial charge in [0.15, 0.2) is 9.84 Å². The number of anilines is 2. The van der Waals surface area contributed by atoms with Crippen LogP contribution in [0, 0.1) is 0 Å². The summed E-state index contributed by atoms with van der Waals surface area (Å²) >= 11 is 0.958. The number of aliphatic carboxylic acids is 2. The van der Waals surface area contributed by atoms with Gasteiger partial charge in [-0.25, -0.2) is 17.9 Å². The quantitative estimate of drug-likeness (QED) is 0.0245. The number of amides is 7. The molecule has 0 bridgehead atoms. The van der Waals surface area contributed by atoms with Crippen LogP contribution >= 0.6 is 11.8 Å². The van der Waals surface area contributed by atoms with Crippen molar-refractivity contribution >= 4 is 86.4 Å². The SMILES string of the molecule is CCN(CC)C(=O)c1ccc(N(CSCC(NC(=O)CCC(N)C(=O)O)C(=O)NCC(=O)O)C(=O)OC(CCCCCn2nnc3c2-c2ccccc2N(C(=O)CCNC(=O)CCCC(=O)NCCCOCCOC)Cc2ccccc2-3)CS(C)(=O)=O)cc1. The van der Waals surface area contributed by atoms with Gasteiger partial charge in [-0.2, -0.15) is 0 Å². The summed E-state index contributed by atoms with van der Waals surface area (Å²) in [6.45, 7) is 6.35. The molecule has 5 rings (SSSR count). The number of rotatable bonds is 39. The molecule has 0 radical (unpaired) electrons. The van der Waals surface area contributed by atoms with Gasteiger partial charge in [-0.15, -0.1) is 16.9 Å². The molecule has 29 heteroatoms. The summed E-state index contributed by atoms with van der Waals surface area (Å²) < 4.78 is 43.9. The van der Waals surface area contributed by atoms with Crippen molar-refractivity contribution in [3.8, 4) is 22.5 Å². The third kappa shape index (κ3) is 23.8. The number of carboxylic acids is 2. The predicted molar refractivity (Wildman–Crippen MR) is 333 cm³/mol. The normalized spacial score (nSPS) is 12.8. The Labute approximate surface area is 522 Å². The number of ether oxygens (including phenoxy) is 3. The summed E-state index contributed by atoms with van der Waals surface area (Å²) in [6, 6.07) is 18.4. The summed E-state index contributed by atoms with van der Waals surface area (Å²) in [5.74, 6) is -6.26. The number of hydrogen-bond acceptors (Lipinski definition) is 18. The zero-order chi connectivity index (χ0) is 64.9. The zero-order valence-corrected chi connectivity index (χ0v) is 52.5. The van der Waals surface area contributed by atoms with Crippen LogP contribution in [0.2, 0.25) is 0 Å². The van der Waals surface area contributed by atoms with Crippen LogP contribution in [0.1, 0.15) is 100 Å². The second-order valence-electron chi connectivity index (χ2n) is 21.0. The Morgan fingerprint density at radius 2 is 1.45 bits per heavy atom. The number of aromatic nitrogens is 3. The first-order chi connectivity index (χ1) is 42.6. The molecule has 2 heterocycles. The van der Waals surface area contributed by atoms with Crippen LogP contribution in [0.25, 0.3) is 22.5 Å². The highest BCUT2D eigenvalue weighted by Crippen LogP contribution is 2.41. The van der Waals surface area contributed by atoms with Crippen LogP contribution in [0.5, 0.6) is 0 Å². The number of para-hydroxylation sites is 1. The molecule has 0 saturated heterocycles. The van der Waals surface area contributed by atoms with Crippen LogP contribution in [-0.2, 0) is 70.7 Å². The molecule has 0 spiro atoms. The number of benzene rings is 3. The number of carbonyl (C=O) groups is 9. The highest BCUT2D eigenvalue weighted by Gasteiger charge is 2.31. The molecule has 89 heavy (non-hydrogen) atoms. The van der Waals surface area contributed by atoms with Crippen molar-refractivity contribution in [1.29, 1.82) is 0 Å². The Morgan fingerprint density at radius 3 is 2.12 bits per heavy atom. The van der Waals surface area contributed by atoms with E-state index in [9.17, 15) is 61.8 Å². The van der Waals surface area contributed by atoms with E-state index in [1.807, 2.05) is 62.4 Å². The lowest BCUT2D eigenvalue weighted by molar-refractivity contribution is -0.139. The second-order valence-corrected chi connectivity index (χ2v) is 24.2. The number of fused-ring (bicyclic) bond motifs is 5. The van der Waals surface area contributed by atoms with E-state index in [-0.39, 0.29) is 92.6 Å². The van der Waals surface area contributed by atoms with Crippen molar-refractivity contribution < 1.29 is 76.0 Å². The van der Waals surface area contributed by atoms with Crippen LogP contribution in [-0.4, -0.2) is 193 Å². The maximum absolute atomic E-state index is 14.4. The molecular weight excluding hydrogens is 1190 g/mol. The highest BCUT2D eigenvalue weighted by atomic mass is 32.2. The van der Waals surface area contributed by atoms with Crippen LogP contribution in [0.15, 0.2) is 72.8 Å². The Hall–Kier alpha value is -7.99. The molecule has 7 amide bonds. The first-order valence-electron chi connectivity index (χ1n) is 29.6. The van der Waals surface area contributed by atoms with Crippen molar-refractivity contribution in [2.45, 2.75) is 116 Å². The summed E-state index contributed by atoms with van der Waals surface area (Å²) in [7, 11) is -2.15. The zero-order valence-electron chi connectivity index (χ0n) is 50.8. The number of hydrogen-bond donors (Lipinski definition) is 7. The molecule has 0 fully saturated rings. The molecule has 1 aromatic heterocycles. The minimum atomic E-state index is -3.74. The molecule has 1 aliphatic heterocycles. The summed E-state index contributed by atoms with van der Waals surface area (Å²) in [5, 5.41) is 38.0. The first kappa shape index (κ1) is 71.8. The molecule has 0 saturated carbocycles. The number of nitrogens with one attached hydrogen (secondary N) is 4. The standard InChI is InChI=1S/C60H83N11O16S2/c1-5-68(6-2)58(79)41-23-25-43(26-24-41)70(40-88-38-48(57(78)64-36-54(76)77)65-52(74)28-27-47(61)59(80)81)60(82)87-44(39-89(4,83)84)17-8-7-13-32-71-56-46-19-11-12-20-49(46)69(37-42-16-9-10-18-45(42)55(56)66-67-71)53(75)29-31-63-51(73)22-14-21-50(72)62-30-15-33-86-35-34-85-3/h9-12,16,18-20,23-26,44,47-48H,5-8,13-15,17,21-22,27-40,61H2,1-4H3,(H,62,72)(H,63,73)(H,64,78)(H,65,74)(H,76,77)(H,80,81). The van der Waals surface area contributed by atoms with E-state index < -0.39 is 70.2 Å². The number of nitrogens with zero attached hydrogens (tertiary/aromatic N) is 6. The number of thioether (sulfide) groups is 1. The number of nitrogens with two attached hydrogens (primary N) is 1. The van der Waals surface area contributed by atoms with Crippen LogP contribution < -0.4 is 36.8 Å². The number of aryl methyl sites for hydroxylation is 1. The minimum absolute atomic E-state index is 0.00587. The molecular formula is C60H83N11O16S2. The Morgan fingerprint density at radius 1 is 0.764 bits per heavy atom. The van der Waals surface area contributed by atoms with E-state index >= 15 is 0 Å². The Bertz CT molecular complexity index is 3140. The Balaban J connectivity index is 1.26. The number of carboxylic acid groups (broad SMARTS) is 2. The van der Waals surface area contributed by atoms with Gasteiger partial charge < -0.3 is 61.2 Å². The van der Waals surface area contributed by atoms with Crippen LogP contribution in [0.4, 0.5) is 16.2 Å². The van der Waals surface area contributed by atoms with Gasteiger partial charge in [-0.1, -0.05) is 54.1 Å². The molecule has 27 nitrogen and oxygen atoms in total. The van der Waals surface area contributed by atoms with Crippen LogP contribution in [0.3, 0.4) is 0 Å². The fourth-order valence-corrected chi connectivity index (χ4v) is 11.4. The van der Waals surface area contributed by atoms with Gasteiger partial charge in [0.1, 0.15) is 30.4 Å². The third-order valence-electron chi connectivity index (χ3n) is 14.2. The van der Waals surface area contributed by atoms with Crippen molar-refractivity contribution in [2.24, 2.45) is 5.73 Å². The van der Waals surface area contributed by atoms with Crippen molar-refractivity contribution in [3.05, 3.63) is 83.9 Å². The highest BCUT2D eigenvalue weighted by molar-refractivity contribution is 7.99. The maximum Gasteiger partial charge on any atom is 0.415 e. The van der Waals surface area contributed by atoms with Gasteiger partial charge in [-0.05, 0) is 88.3 Å². The van der Waals surface area contributed by atoms with Gasteiger partial charge in [0, 0.05) is 107 Å². The number of sulfone groups is 1. The van der Waals surface area contributed by atoms with E-state index in [1.54, 1.807) is 21.6 Å². The van der Waals surface area contributed by atoms with Gasteiger partial charge in [0.2, 0.25) is 29.5 Å². The summed E-state index contributed by atoms with van der Waals surface area (Å²) in [6.07, 6.45) is 1.11. The van der Waals surface area contributed by atoms with E-state index in [1.165, 1.54) is 29.2 Å². The van der Waals surface area contributed by atoms with Gasteiger partial charge in [-0.3, -0.25) is 43.3 Å². The maximum atomic E-state index is 14.4. The second kappa shape index (κ2) is 37.1. The van der Waals surface area contributed by atoms with Gasteiger partial charge in [0.25, 0.3) is 5.91 Å². The molecule has 3 aromatic carbocycles.